The maximum absolute atomic E-state index is 12.8. The Morgan fingerprint density at radius 1 is 0.778 bits per heavy atom. The monoisotopic (exact) mass is 355 g/mol. The van der Waals surface area contributed by atoms with Gasteiger partial charge >= 0.3 is 0 Å². The summed E-state index contributed by atoms with van der Waals surface area (Å²) in [5, 5.41) is 10.6. The van der Waals surface area contributed by atoms with Crippen molar-refractivity contribution in [2.24, 2.45) is 14.1 Å². The summed E-state index contributed by atoms with van der Waals surface area (Å²) >= 11 is 0. The van der Waals surface area contributed by atoms with Crippen LogP contribution in [-0.2, 0) is 14.1 Å². The first-order valence-electron chi connectivity index (χ1n) is 8.69. The van der Waals surface area contributed by atoms with Gasteiger partial charge in [0, 0.05) is 59.4 Å². The van der Waals surface area contributed by atoms with E-state index >= 15 is 0 Å². The summed E-state index contributed by atoms with van der Waals surface area (Å²) in [7, 11) is 3.93. The predicted molar refractivity (Wildman–Crippen MR) is 106 cm³/mol. The van der Waals surface area contributed by atoms with Gasteiger partial charge in [0.15, 0.2) is 11.5 Å². The fourth-order valence-electron chi connectivity index (χ4n) is 3.70. The fraction of sp³-hybridized carbons (Fsp3) is 0.0952. The first-order valence-corrected chi connectivity index (χ1v) is 8.69. The van der Waals surface area contributed by atoms with Crippen LogP contribution in [0.25, 0.3) is 44.5 Å². The Labute approximate surface area is 154 Å². The van der Waals surface area contributed by atoms with E-state index in [9.17, 15) is 4.79 Å². The summed E-state index contributed by atoms with van der Waals surface area (Å²) < 4.78 is 4.01. The van der Waals surface area contributed by atoms with E-state index in [4.69, 9.17) is 0 Å². The average Bonchev–Trinajstić information content (AvgIpc) is 3.20. The number of hydrogen-bond acceptors (Lipinski definition) is 3. The van der Waals surface area contributed by atoms with Crippen LogP contribution >= 0.6 is 0 Å². The van der Waals surface area contributed by atoms with Crippen LogP contribution in [0.3, 0.4) is 0 Å². The Balaban J connectivity index is 1.69. The van der Waals surface area contributed by atoms with Gasteiger partial charge in [0.25, 0.3) is 5.56 Å². The number of benzene rings is 2. The van der Waals surface area contributed by atoms with Gasteiger partial charge in [-0.3, -0.25) is 4.79 Å². The standard InChI is InChI=1S/C21H17N5O/c1-25-11-15(13-7-3-5-9-17(13)25)19-21(27)22-20(24-23-19)16-12-26(2)18-10-6-4-8-14(16)18/h3-12H,1-2H3,(H,22,24,27). The van der Waals surface area contributed by atoms with Crippen LogP contribution in [0.4, 0.5) is 0 Å². The van der Waals surface area contributed by atoms with E-state index in [-0.39, 0.29) is 5.56 Å². The van der Waals surface area contributed by atoms with Crippen LogP contribution in [0.2, 0.25) is 0 Å². The molecule has 132 valence electrons. The maximum Gasteiger partial charge on any atom is 0.278 e. The third-order valence-electron chi connectivity index (χ3n) is 5.00. The molecule has 6 heteroatoms. The van der Waals surface area contributed by atoms with E-state index in [0.717, 1.165) is 32.9 Å². The smallest absolute Gasteiger partial charge is 0.278 e. The van der Waals surface area contributed by atoms with Crippen molar-refractivity contribution in [3.05, 3.63) is 71.3 Å². The molecule has 0 atom stereocenters. The normalized spacial score (nSPS) is 11.5. The molecular weight excluding hydrogens is 338 g/mol. The molecule has 3 aromatic heterocycles. The highest BCUT2D eigenvalue weighted by molar-refractivity contribution is 5.96. The quantitative estimate of drug-likeness (QED) is 0.527. The van der Waals surface area contributed by atoms with Gasteiger partial charge in [-0.05, 0) is 12.1 Å². The Morgan fingerprint density at radius 2 is 1.33 bits per heavy atom. The van der Waals surface area contributed by atoms with Gasteiger partial charge in [-0.25, -0.2) is 0 Å². The number of aromatic nitrogens is 5. The van der Waals surface area contributed by atoms with Crippen molar-refractivity contribution in [1.82, 2.24) is 24.3 Å². The average molecular weight is 355 g/mol. The van der Waals surface area contributed by atoms with E-state index < -0.39 is 0 Å². The molecule has 0 bridgehead atoms. The SMILES string of the molecule is Cn1cc(-c2nnc(-c3cn(C)c4ccccc34)c(=O)[nH]2)c2ccccc21. The number of aryl methyl sites for hydroxylation is 2. The molecule has 0 fully saturated rings. The minimum atomic E-state index is -0.246. The Hall–Kier alpha value is -3.67. The number of nitrogens with zero attached hydrogens (tertiary/aromatic N) is 4. The van der Waals surface area contributed by atoms with Crippen LogP contribution < -0.4 is 5.56 Å². The summed E-state index contributed by atoms with van der Waals surface area (Å²) in [6.45, 7) is 0. The summed E-state index contributed by atoms with van der Waals surface area (Å²) in [4.78, 5) is 15.8. The molecule has 5 aromatic rings. The molecule has 27 heavy (non-hydrogen) atoms. The molecule has 0 saturated carbocycles. The van der Waals surface area contributed by atoms with Crippen LogP contribution in [-0.4, -0.2) is 24.3 Å². The molecule has 0 aliphatic heterocycles. The van der Waals surface area contributed by atoms with Gasteiger partial charge in [-0.2, -0.15) is 0 Å². The number of rotatable bonds is 2. The lowest BCUT2D eigenvalue weighted by atomic mass is 10.1. The molecule has 0 radical (unpaired) electrons. The third kappa shape index (κ3) is 2.30. The van der Waals surface area contributed by atoms with Crippen molar-refractivity contribution >= 4 is 21.8 Å². The van der Waals surface area contributed by atoms with E-state index in [1.54, 1.807) is 0 Å². The van der Waals surface area contributed by atoms with Crippen molar-refractivity contribution in [2.45, 2.75) is 0 Å². The zero-order valence-corrected chi connectivity index (χ0v) is 15.0. The highest BCUT2D eigenvalue weighted by Gasteiger charge is 2.16. The Bertz CT molecular complexity index is 1370. The fourth-order valence-corrected chi connectivity index (χ4v) is 3.70. The van der Waals surface area contributed by atoms with Crippen molar-refractivity contribution in [2.75, 3.05) is 0 Å². The van der Waals surface area contributed by atoms with E-state index in [1.165, 1.54) is 0 Å². The van der Waals surface area contributed by atoms with E-state index in [1.807, 2.05) is 84.2 Å². The highest BCUT2D eigenvalue weighted by Crippen LogP contribution is 2.29. The Kier molecular flexibility index (Phi) is 3.27. The lowest BCUT2D eigenvalue weighted by Gasteiger charge is -2.01. The van der Waals surface area contributed by atoms with Crippen LogP contribution in [0.15, 0.2) is 65.7 Å². The number of aromatic amines is 1. The molecule has 0 spiro atoms. The molecule has 0 amide bonds. The number of H-pyrrole nitrogens is 1. The minimum absolute atomic E-state index is 0.246. The molecule has 0 aliphatic rings. The molecule has 3 heterocycles. The molecule has 0 unspecified atom stereocenters. The number of fused-ring (bicyclic) bond motifs is 2. The molecule has 0 aliphatic carbocycles. The number of nitrogens with one attached hydrogen (secondary N) is 1. The number of hydrogen-bond donors (Lipinski definition) is 1. The summed E-state index contributed by atoms with van der Waals surface area (Å²) in [6, 6.07) is 16.0. The largest absolute Gasteiger partial charge is 0.350 e. The van der Waals surface area contributed by atoms with Gasteiger partial charge in [-0.1, -0.05) is 36.4 Å². The summed E-state index contributed by atoms with van der Waals surface area (Å²) in [5.41, 5.74) is 3.86. The second-order valence-corrected chi connectivity index (χ2v) is 6.69. The first kappa shape index (κ1) is 15.6. The van der Waals surface area contributed by atoms with Gasteiger partial charge < -0.3 is 14.1 Å². The van der Waals surface area contributed by atoms with Crippen LogP contribution in [0.1, 0.15) is 0 Å². The first-order chi connectivity index (χ1) is 13.1. The highest BCUT2D eigenvalue weighted by atomic mass is 16.1. The van der Waals surface area contributed by atoms with Crippen LogP contribution in [0, 0.1) is 0 Å². The van der Waals surface area contributed by atoms with Gasteiger partial charge in [0.1, 0.15) is 0 Å². The van der Waals surface area contributed by atoms with Crippen molar-refractivity contribution < 1.29 is 0 Å². The van der Waals surface area contributed by atoms with Crippen molar-refractivity contribution in [1.29, 1.82) is 0 Å². The molecule has 2 aromatic carbocycles. The van der Waals surface area contributed by atoms with Gasteiger partial charge in [0.2, 0.25) is 0 Å². The molecule has 5 rings (SSSR count). The third-order valence-corrected chi connectivity index (χ3v) is 5.00. The van der Waals surface area contributed by atoms with Crippen LogP contribution in [0.5, 0.6) is 0 Å². The second-order valence-electron chi connectivity index (χ2n) is 6.69. The molecule has 0 saturated heterocycles. The molecule has 6 nitrogen and oxygen atoms in total. The second kappa shape index (κ2) is 5.67. The lowest BCUT2D eigenvalue weighted by Crippen LogP contribution is -2.14. The van der Waals surface area contributed by atoms with Gasteiger partial charge in [-0.15, -0.1) is 10.2 Å². The maximum atomic E-state index is 12.8. The topological polar surface area (TPSA) is 68.5 Å². The number of para-hydroxylation sites is 2. The molecule has 1 N–H and O–H groups in total. The zero-order valence-electron chi connectivity index (χ0n) is 15.0. The summed E-state index contributed by atoms with van der Waals surface area (Å²) in [5.74, 6) is 0.473. The summed E-state index contributed by atoms with van der Waals surface area (Å²) in [6.07, 6.45) is 3.88. The van der Waals surface area contributed by atoms with Crippen molar-refractivity contribution in [3.63, 3.8) is 0 Å². The van der Waals surface area contributed by atoms with Gasteiger partial charge in [0.05, 0.1) is 0 Å². The minimum Gasteiger partial charge on any atom is -0.350 e. The van der Waals surface area contributed by atoms with E-state index in [2.05, 4.69) is 15.2 Å². The zero-order chi connectivity index (χ0) is 18.5. The molecular formula is C21H17N5O. The lowest BCUT2D eigenvalue weighted by molar-refractivity contribution is 0.943. The van der Waals surface area contributed by atoms with E-state index in [0.29, 0.717) is 11.5 Å². The predicted octanol–water partition coefficient (Wildman–Crippen LogP) is 3.48. The van der Waals surface area contributed by atoms with Crippen molar-refractivity contribution in [3.8, 4) is 22.6 Å². The Morgan fingerprint density at radius 3 is 1.96 bits per heavy atom.